The Balaban J connectivity index is 0.000000433. The summed E-state index contributed by atoms with van der Waals surface area (Å²) in [5.41, 5.74) is 0. The third kappa shape index (κ3) is 6.40. The van der Waals surface area contributed by atoms with E-state index < -0.39 is 6.68 Å². The maximum atomic E-state index is 9.67. The molecule has 1 aromatic carbocycles. The highest BCUT2D eigenvalue weighted by Gasteiger charge is 2.41. The second-order valence-corrected chi connectivity index (χ2v) is 9.00. The quantitative estimate of drug-likeness (QED) is 0.548. The number of benzene rings is 1. The van der Waals surface area contributed by atoms with Crippen molar-refractivity contribution in [3.05, 3.63) is 30.3 Å². The summed E-state index contributed by atoms with van der Waals surface area (Å²) in [6, 6.07) is 11.5. The van der Waals surface area contributed by atoms with Crippen LogP contribution in [0.5, 0.6) is 0 Å². The molecule has 0 N–H and O–H groups in total. The van der Waals surface area contributed by atoms with Crippen LogP contribution in [0.3, 0.4) is 0 Å². The van der Waals surface area contributed by atoms with Gasteiger partial charge >= 0.3 is 6.68 Å². The van der Waals surface area contributed by atoms with Crippen molar-refractivity contribution in [2.75, 3.05) is 0 Å². The summed E-state index contributed by atoms with van der Waals surface area (Å²) in [4.78, 5) is 1.67. The van der Waals surface area contributed by atoms with Crippen LogP contribution in [-0.2, 0) is 10.9 Å². The first kappa shape index (κ1) is 18.7. The molecule has 0 radical (unpaired) electrons. The van der Waals surface area contributed by atoms with Gasteiger partial charge in [-0.25, -0.2) is 0 Å². The van der Waals surface area contributed by atoms with Crippen LogP contribution in [0.2, 0.25) is 0 Å². The predicted octanol–water partition coefficient (Wildman–Crippen LogP) is 6.51. The van der Waals surface area contributed by atoms with Crippen LogP contribution in [0, 0.1) is 0 Å². The summed E-state index contributed by atoms with van der Waals surface area (Å²) < 4.78 is 29.0. The first-order valence-electron chi connectivity index (χ1n) is 8.87. The first-order valence-corrected chi connectivity index (χ1v) is 10.2. The molecule has 130 valence electrons. The van der Waals surface area contributed by atoms with E-state index in [0.29, 0.717) is 10.9 Å². The maximum Gasteiger partial charge on any atom is 0.379 e. The van der Waals surface area contributed by atoms with Gasteiger partial charge in [-0.3, -0.25) is 0 Å². The lowest BCUT2D eigenvalue weighted by atomic mass is 10.00. The molecule has 0 spiro atoms. The molecule has 23 heavy (non-hydrogen) atoms. The summed E-state index contributed by atoms with van der Waals surface area (Å²) in [5.74, 6) is 0. The molecule has 0 bridgehead atoms. The Morgan fingerprint density at radius 3 is 1.48 bits per heavy atom. The minimum atomic E-state index is -3.67. The van der Waals surface area contributed by atoms with Crippen molar-refractivity contribution in [3.63, 3.8) is 0 Å². The maximum absolute atomic E-state index is 9.67. The van der Waals surface area contributed by atoms with Crippen molar-refractivity contribution in [3.8, 4) is 0 Å². The third-order valence-electron chi connectivity index (χ3n) is 4.84. The Labute approximate surface area is 141 Å². The standard InChI is InChI=1S/C18H27S.CHF3/c1-4-10-16(11-5-1)19(17-12-6-2-7-13-17)18-14-8-3-9-15-18;2-1(3)4/h1,4-5,10-11,17-18H,2-3,6-9,12-15H2;1H/q+1;. The minimum absolute atomic E-state index is 0.539. The molecule has 0 aromatic heterocycles. The minimum Gasteiger partial charge on any atom is -0.174 e. The topological polar surface area (TPSA) is 0 Å². The number of hydrogen-bond donors (Lipinski definition) is 0. The SMILES string of the molecule is FC(F)F.c1ccc([S+](C2CCCCC2)C2CCCCC2)cc1. The zero-order valence-electron chi connectivity index (χ0n) is 13.7. The molecule has 4 heteroatoms. The summed E-state index contributed by atoms with van der Waals surface area (Å²) >= 11 is 0. The molecular weight excluding hydrogens is 317 g/mol. The number of halogens is 3. The van der Waals surface area contributed by atoms with Crippen molar-refractivity contribution in [1.29, 1.82) is 0 Å². The van der Waals surface area contributed by atoms with Crippen LogP contribution in [0.1, 0.15) is 64.2 Å². The average Bonchev–Trinajstić information content (AvgIpc) is 2.58. The zero-order valence-corrected chi connectivity index (χ0v) is 14.5. The van der Waals surface area contributed by atoms with Crippen LogP contribution in [0.25, 0.3) is 0 Å². The van der Waals surface area contributed by atoms with Gasteiger partial charge in [0.2, 0.25) is 0 Å². The molecule has 3 rings (SSSR count). The molecule has 1 aromatic rings. The van der Waals surface area contributed by atoms with E-state index in [0.717, 1.165) is 10.5 Å². The Hall–Kier alpha value is -0.640. The Kier molecular flexibility index (Phi) is 8.35. The van der Waals surface area contributed by atoms with Gasteiger partial charge in [-0.15, -0.1) is 0 Å². The van der Waals surface area contributed by atoms with Gasteiger partial charge in [-0.2, -0.15) is 13.2 Å². The van der Waals surface area contributed by atoms with Gasteiger partial charge in [0.05, 0.1) is 0 Å². The molecule has 0 nitrogen and oxygen atoms in total. The van der Waals surface area contributed by atoms with Crippen molar-refractivity contribution in [1.82, 2.24) is 0 Å². The largest absolute Gasteiger partial charge is 0.379 e. The first-order chi connectivity index (χ1) is 11.2. The van der Waals surface area contributed by atoms with Crippen LogP contribution in [0.4, 0.5) is 13.2 Å². The molecule has 0 saturated heterocycles. The molecule has 2 saturated carbocycles. The molecule has 2 aliphatic rings. The average molecular weight is 345 g/mol. The lowest BCUT2D eigenvalue weighted by Crippen LogP contribution is -2.35. The summed E-state index contributed by atoms with van der Waals surface area (Å²) in [6.45, 7) is -3.67. The monoisotopic (exact) mass is 345 g/mol. The summed E-state index contributed by atoms with van der Waals surface area (Å²) in [6.07, 6.45) is 14.9. The summed E-state index contributed by atoms with van der Waals surface area (Å²) in [7, 11) is 0.539. The Morgan fingerprint density at radius 1 is 0.696 bits per heavy atom. The van der Waals surface area contributed by atoms with Crippen LogP contribution in [0.15, 0.2) is 35.2 Å². The molecule has 2 aliphatic carbocycles. The molecule has 0 unspecified atom stereocenters. The number of hydrogen-bond acceptors (Lipinski definition) is 0. The van der Waals surface area contributed by atoms with Crippen LogP contribution in [-0.4, -0.2) is 17.2 Å². The molecule has 0 atom stereocenters. The molecule has 0 aliphatic heterocycles. The second kappa shape index (κ2) is 10.3. The van der Waals surface area contributed by atoms with Gasteiger partial charge < -0.3 is 0 Å². The van der Waals surface area contributed by atoms with E-state index in [9.17, 15) is 13.2 Å². The van der Waals surface area contributed by atoms with E-state index >= 15 is 0 Å². The van der Waals surface area contributed by atoms with Crippen LogP contribution < -0.4 is 0 Å². The van der Waals surface area contributed by atoms with Gasteiger partial charge in [0.25, 0.3) is 0 Å². The van der Waals surface area contributed by atoms with Gasteiger partial charge in [-0.05, 0) is 63.5 Å². The van der Waals surface area contributed by atoms with Gasteiger partial charge in [0.15, 0.2) is 4.90 Å². The van der Waals surface area contributed by atoms with E-state index in [1.54, 1.807) is 4.90 Å². The fourth-order valence-corrected chi connectivity index (χ4v) is 7.34. The normalized spacial score (nSPS) is 20.4. The van der Waals surface area contributed by atoms with E-state index in [1.165, 1.54) is 64.2 Å². The van der Waals surface area contributed by atoms with Crippen molar-refractivity contribution >= 4 is 10.9 Å². The van der Waals surface area contributed by atoms with E-state index in [2.05, 4.69) is 30.3 Å². The predicted molar refractivity (Wildman–Crippen MR) is 92.9 cm³/mol. The molecular formula is C19H28F3S+. The lowest BCUT2D eigenvalue weighted by molar-refractivity contribution is 0.00819. The smallest absolute Gasteiger partial charge is 0.174 e. The van der Waals surface area contributed by atoms with E-state index in [1.807, 2.05) is 0 Å². The highest BCUT2D eigenvalue weighted by molar-refractivity contribution is 7.98. The highest BCUT2D eigenvalue weighted by Crippen LogP contribution is 2.38. The van der Waals surface area contributed by atoms with Crippen molar-refractivity contribution in [2.24, 2.45) is 0 Å². The fourth-order valence-electron chi connectivity index (χ4n) is 3.87. The third-order valence-corrected chi connectivity index (χ3v) is 8.03. The van der Waals surface area contributed by atoms with Gasteiger partial charge in [0.1, 0.15) is 10.5 Å². The zero-order chi connectivity index (χ0) is 16.5. The van der Waals surface area contributed by atoms with E-state index in [-0.39, 0.29) is 0 Å². The molecule has 2 fully saturated rings. The van der Waals surface area contributed by atoms with Crippen molar-refractivity contribution in [2.45, 2.75) is 86.3 Å². The van der Waals surface area contributed by atoms with Gasteiger partial charge in [0, 0.05) is 10.9 Å². The number of alkyl halides is 3. The van der Waals surface area contributed by atoms with Gasteiger partial charge in [-0.1, -0.05) is 31.0 Å². The second-order valence-electron chi connectivity index (χ2n) is 6.45. The fraction of sp³-hybridized carbons (Fsp3) is 0.684. The molecule has 0 heterocycles. The van der Waals surface area contributed by atoms with E-state index in [4.69, 9.17) is 0 Å². The molecule has 0 amide bonds. The Morgan fingerprint density at radius 2 is 1.09 bits per heavy atom. The van der Waals surface area contributed by atoms with Crippen LogP contribution >= 0.6 is 0 Å². The van der Waals surface area contributed by atoms with Crippen molar-refractivity contribution < 1.29 is 13.2 Å². The lowest BCUT2D eigenvalue weighted by Gasteiger charge is -2.30. The number of rotatable bonds is 3. The summed E-state index contributed by atoms with van der Waals surface area (Å²) in [5, 5.41) is 2.00. The highest BCUT2D eigenvalue weighted by atomic mass is 32.2. The Bertz CT molecular complexity index is 391.